The lowest BCUT2D eigenvalue weighted by Crippen LogP contribution is -2.50. The summed E-state index contributed by atoms with van der Waals surface area (Å²) in [6.07, 6.45) is 2.61. The fraction of sp³-hybridized carbons (Fsp3) is 0.588. The van der Waals surface area contributed by atoms with Crippen molar-refractivity contribution < 1.29 is 14.2 Å². The Labute approximate surface area is 130 Å². The first-order chi connectivity index (χ1) is 10.7. The Balaban J connectivity index is 1.75. The molecule has 2 fully saturated rings. The summed E-state index contributed by atoms with van der Waals surface area (Å²) in [7, 11) is 0. The van der Waals surface area contributed by atoms with Crippen LogP contribution in [0.25, 0.3) is 0 Å². The van der Waals surface area contributed by atoms with E-state index < -0.39 is 0 Å². The third-order valence-electron chi connectivity index (χ3n) is 4.86. The van der Waals surface area contributed by atoms with Crippen LogP contribution in [-0.2, 0) is 11.3 Å². The minimum absolute atomic E-state index is 0.140. The lowest BCUT2D eigenvalue weighted by atomic mass is 9.94. The highest BCUT2D eigenvalue weighted by atomic mass is 19.1. The molecule has 0 amide bonds. The lowest BCUT2D eigenvalue weighted by molar-refractivity contribution is -0.0539. The van der Waals surface area contributed by atoms with Crippen molar-refractivity contribution in [3.8, 4) is 6.07 Å². The average Bonchev–Trinajstić information content (AvgIpc) is 2.96. The van der Waals surface area contributed by atoms with Crippen LogP contribution in [0.15, 0.2) is 18.2 Å². The van der Waals surface area contributed by atoms with Gasteiger partial charge in [-0.2, -0.15) is 5.26 Å². The summed E-state index contributed by atoms with van der Waals surface area (Å²) in [6, 6.07) is 6.72. The highest BCUT2D eigenvalue weighted by Gasteiger charge is 2.37. The normalized spacial score (nSPS) is 29.4. The summed E-state index contributed by atoms with van der Waals surface area (Å²) in [6.45, 7) is 2.47. The number of nitriles is 1. The van der Waals surface area contributed by atoms with Crippen molar-refractivity contribution in [2.75, 3.05) is 19.8 Å². The van der Waals surface area contributed by atoms with Crippen LogP contribution in [-0.4, -0.2) is 41.9 Å². The van der Waals surface area contributed by atoms with E-state index in [-0.39, 0.29) is 23.9 Å². The van der Waals surface area contributed by atoms with Crippen LogP contribution in [0.3, 0.4) is 0 Å². The Morgan fingerprint density at radius 1 is 1.41 bits per heavy atom. The fourth-order valence-corrected chi connectivity index (χ4v) is 3.63. The van der Waals surface area contributed by atoms with Crippen molar-refractivity contribution in [2.45, 2.75) is 38.0 Å². The van der Waals surface area contributed by atoms with Gasteiger partial charge in [0.15, 0.2) is 0 Å². The van der Waals surface area contributed by atoms with E-state index in [0.717, 1.165) is 25.8 Å². The monoisotopic (exact) mass is 304 g/mol. The zero-order valence-corrected chi connectivity index (χ0v) is 12.5. The van der Waals surface area contributed by atoms with Crippen LogP contribution in [0.4, 0.5) is 4.39 Å². The number of aliphatic hydroxyl groups excluding tert-OH is 1. The van der Waals surface area contributed by atoms with Gasteiger partial charge in [0.2, 0.25) is 0 Å². The number of halogens is 1. The summed E-state index contributed by atoms with van der Waals surface area (Å²) in [5.74, 6) is -0.127. The van der Waals surface area contributed by atoms with E-state index in [1.165, 1.54) is 6.07 Å². The number of rotatable bonds is 3. The molecule has 1 aliphatic heterocycles. The number of hydrogen-bond donors (Lipinski definition) is 1. The molecule has 1 saturated carbocycles. The zero-order valence-electron chi connectivity index (χ0n) is 12.5. The van der Waals surface area contributed by atoms with Crippen molar-refractivity contribution in [3.63, 3.8) is 0 Å². The third kappa shape index (κ3) is 3.14. The van der Waals surface area contributed by atoms with Crippen molar-refractivity contribution in [1.82, 2.24) is 4.90 Å². The second-order valence-electron chi connectivity index (χ2n) is 6.19. The van der Waals surface area contributed by atoms with E-state index in [2.05, 4.69) is 4.90 Å². The summed E-state index contributed by atoms with van der Waals surface area (Å²) >= 11 is 0. The molecule has 0 bridgehead atoms. The SMILES string of the molecule is N#Cc1ccc(CN2CCOC[C@@H]2[C@H]2CCC[C@H]2O)c(F)c1. The molecule has 1 aromatic carbocycles. The molecule has 0 spiro atoms. The molecular weight excluding hydrogens is 283 g/mol. The maximum absolute atomic E-state index is 14.1. The molecule has 22 heavy (non-hydrogen) atoms. The average molecular weight is 304 g/mol. The Morgan fingerprint density at radius 2 is 2.27 bits per heavy atom. The molecule has 5 heteroatoms. The largest absolute Gasteiger partial charge is 0.393 e. The molecule has 1 aliphatic carbocycles. The summed E-state index contributed by atoms with van der Waals surface area (Å²) in [5.41, 5.74) is 0.935. The van der Waals surface area contributed by atoms with E-state index in [0.29, 0.717) is 30.9 Å². The van der Waals surface area contributed by atoms with Crippen LogP contribution in [0.2, 0.25) is 0 Å². The van der Waals surface area contributed by atoms with Gasteiger partial charge >= 0.3 is 0 Å². The molecule has 1 aromatic rings. The van der Waals surface area contributed by atoms with E-state index in [1.54, 1.807) is 12.1 Å². The van der Waals surface area contributed by atoms with Gasteiger partial charge in [0.05, 0.1) is 31.0 Å². The van der Waals surface area contributed by atoms with Gasteiger partial charge in [-0.1, -0.05) is 12.5 Å². The molecule has 1 heterocycles. The topological polar surface area (TPSA) is 56.5 Å². The maximum atomic E-state index is 14.1. The number of aliphatic hydroxyl groups is 1. The maximum Gasteiger partial charge on any atom is 0.129 e. The Bertz CT molecular complexity index is 572. The van der Waals surface area contributed by atoms with Crippen molar-refractivity contribution in [1.29, 1.82) is 5.26 Å². The number of benzene rings is 1. The molecule has 3 rings (SSSR count). The summed E-state index contributed by atoms with van der Waals surface area (Å²) in [5, 5.41) is 19.0. The number of ether oxygens (including phenoxy) is 1. The second-order valence-corrected chi connectivity index (χ2v) is 6.19. The first-order valence-electron chi connectivity index (χ1n) is 7.87. The van der Waals surface area contributed by atoms with Crippen molar-refractivity contribution >= 4 is 0 Å². The van der Waals surface area contributed by atoms with Gasteiger partial charge in [-0.15, -0.1) is 0 Å². The molecule has 118 valence electrons. The standard InChI is InChI=1S/C17H21FN2O2/c18-15-8-12(9-19)4-5-13(15)10-20-6-7-22-11-16(20)14-2-1-3-17(14)21/h4-5,8,14,16-17,21H,1-3,6-7,10-11H2/t14-,16-,17-/m1/s1. The molecule has 1 N–H and O–H groups in total. The van der Waals surface area contributed by atoms with Crippen LogP contribution in [0.5, 0.6) is 0 Å². The molecule has 4 nitrogen and oxygen atoms in total. The minimum atomic E-state index is -0.337. The van der Waals surface area contributed by atoms with Gasteiger partial charge in [-0.3, -0.25) is 4.90 Å². The molecule has 1 saturated heterocycles. The molecule has 3 atom stereocenters. The van der Waals surface area contributed by atoms with Crippen molar-refractivity contribution in [2.24, 2.45) is 5.92 Å². The van der Waals surface area contributed by atoms with Gasteiger partial charge in [0, 0.05) is 30.6 Å². The highest BCUT2D eigenvalue weighted by molar-refractivity contribution is 5.32. The fourth-order valence-electron chi connectivity index (χ4n) is 3.63. The van der Waals surface area contributed by atoms with Crippen LogP contribution < -0.4 is 0 Å². The first kappa shape index (κ1) is 15.4. The minimum Gasteiger partial charge on any atom is -0.393 e. The predicted molar refractivity (Wildman–Crippen MR) is 79.5 cm³/mol. The van der Waals surface area contributed by atoms with E-state index >= 15 is 0 Å². The third-order valence-corrected chi connectivity index (χ3v) is 4.86. The van der Waals surface area contributed by atoms with E-state index in [1.807, 2.05) is 6.07 Å². The van der Waals surface area contributed by atoms with Crippen LogP contribution in [0.1, 0.15) is 30.4 Å². The van der Waals surface area contributed by atoms with Crippen LogP contribution >= 0.6 is 0 Å². The number of morpholine rings is 1. The highest BCUT2D eigenvalue weighted by Crippen LogP contribution is 2.33. The number of hydrogen-bond acceptors (Lipinski definition) is 4. The van der Waals surface area contributed by atoms with Gasteiger partial charge < -0.3 is 9.84 Å². The van der Waals surface area contributed by atoms with Gasteiger partial charge in [-0.05, 0) is 25.0 Å². The van der Waals surface area contributed by atoms with E-state index in [9.17, 15) is 9.50 Å². The molecule has 2 aliphatic rings. The molecule has 0 radical (unpaired) electrons. The van der Waals surface area contributed by atoms with Gasteiger partial charge in [0.25, 0.3) is 0 Å². The molecule has 0 aromatic heterocycles. The predicted octanol–water partition coefficient (Wildman–Crippen LogP) is 2.06. The van der Waals surface area contributed by atoms with E-state index in [4.69, 9.17) is 10.00 Å². The Hall–Kier alpha value is -1.48. The summed E-state index contributed by atoms with van der Waals surface area (Å²) in [4.78, 5) is 2.22. The molecule has 0 unspecified atom stereocenters. The zero-order chi connectivity index (χ0) is 15.5. The van der Waals surface area contributed by atoms with Gasteiger partial charge in [0.1, 0.15) is 5.82 Å². The van der Waals surface area contributed by atoms with Gasteiger partial charge in [-0.25, -0.2) is 4.39 Å². The second kappa shape index (κ2) is 6.74. The Kier molecular flexibility index (Phi) is 4.72. The smallest absolute Gasteiger partial charge is 0.129 e. The quantitative estimate of drug-likeness (QED) is 0.928. The van der Waals surface area contributed by atoms with Crippen LogP contribution in [0, 0.1) is 23.1 Å². The van der Waals surface area contributed by atoms with Crippen molar-refractivity contribution in [3.05, 3.63) is 35.1 Å². The Morgan fingerprint density at radius 3 is 2.95 bits per heavy atom. The lowest BCUT2D eigenvalue weighted by Gasteiger charge is -2.40. The molecular formula is C17H21FN2O2. The summed E-state index contributed by atoms with van der Waals surface area (Å²) < 4.78 is 19.7. The first-order valence-corrected chi connectivity index (χ1v) is 7.87. The number of nitrogens with zero attached hydrogens (tertiary/aromatic N) is 2.